The predicted octanol–water partition coefficient (Wildman–Crippen LogP) is 3.42. The maximum Gasteiger partial charge on any atom is 0.302 e. The molecule has 0 heterocycles. The number of hydrogen-bond acceptors (Lipinski definition) is 4. The molecule has 4 aliphatic carbocycles. The van der Waals surface area contributed by atoms with Gasteiger partial charge in [0.1, 0.15) is 11.9 Å². The zero-order valence-corrected chi connectivity index (χ0v) is 15.6. The summed E-state index contributed by atoms with van der Waals surface area (Å²) in [5.74, 6) is 1.12. The number of esters is 1. The van der Waals surface area contributed by atoms with E-state index in [-0.39, 0.29) is 34.6 Å². The molecule has 0 radical (unpaired) electrons. The molecule has 3 saturated carbocycles. The number of ketones is 1. The van der Waals surface area contributed by atoms with E-state index in [0.29, 0.717) is 18.3 Å². The number of fused-ring (bicyclic) bond motifs is 5. The van der Waals surface area contributed by atoms with Crippen molar-refractivity contribution in [3.05, 3.63) is 11.6 Å². The normalized spacial score (nSPS) is 48.9. The summed E-state index contributed by atoms with van der Waals surface area (Å²) in [5, 5.41) is 10.6. The zero-order chi connectivity index (χ0) is 18.0. The van der Waals surface area contributed by atoms with Gasteiger partial charge < -0.3 is 9.84 Å². The molecule has 0 saturated heterocycles. The highest BCUT2D eigenvalue weighted by Gasteiger charge is 2.61. The van der Waals surface area contributed by atoms with Gasteiger partial charge in [-0.1, -0.05) is 25.5 Å². The van der Waals surface area contributed by atoms with Gasteiger partial charge in [-0.2, -0.15) is 0 Å². The minimum Gasteiger partial charge on any atom is -0.462 e. The molecule has 7 atom stereocenters. The van der Waals surface area contributed by atoms with E-state index in [4.69, 9.17) is 4.74 Å². The summed E-state index contributed by atoms with van der Waals surface area (Å²) in [7, 11) is 0. The van der Waals surface area contributed by atoms with Crippen LogP contribution in [-0.4, -0.2) is 29.1 Å². The van der Waals surface area contributed by atoms with Crippen molar-refractivity contribution in [2.75, 3.05) is 0 Å². The first kappa shape index (κ1) is 17.3. The van der Waals surface area contributed by atoms with Crippen LogP contribution in [0.3, 0.4) is 0 Å². The van der Waals surface area contributed by atoms with Crippen molar-refractivity contribution in [2.24, 2.45) is 28.6 Å². The Kier molecular flexibility index (Phi) is 3.91. The van der Waals surface area contributed by atoms with Crippen molar-refractivity contribution >= 4 is 11.8 Å². The number of carbonyl (C=O) groups is 2. The molecule has 0 spiro atoms. The maximum atomic E-state index is 12.5. The molecule has 0 aromatic carbocycles. The average Bonchev–Trinajstić information content (AvgIpc) is 2.77. The van der Waals surface area contributed by atoms with Crippen LogP contribution in [0.2, 0.25) is 0 Å². The molecule has 4 heteroatoms. The Labute approximate surface area is 150 Å². The molecule has 3 fully saturated rings. The molecule has 4 aliphatic rings. The van der Waals surface area contributed by atoms with Gasteiger partial charge in [-0.15, -0.1) is 0 Å². The summed E-state index contributed by atoms with van der Waals surface area (Å²) in [6.45, 7) is 5.94. The second kappa shape index (κ2) is 5.67. The molecular formula is C21H30O4. The molecule has 138 valence electrons. The predicted molar refractivity (Wildman–Crippen MR) is 93.7 cm³/mol. The Hall–Kier alpha value is -1.16. The van der Waals surface area contributed by atoms with Gasteiger partial charge in [0.2, 0.25) is 0 Å². The van der Waals surface area contributed by atoms with Crippen molar-refractivity contribution in [1.82, 2.24) is 0 Å². The third-order valence-electron chi connectivity index (χ3n) is 8.09. The van der Waals surface area contributed by atoms with Crippen LogP contribution in [0.5, 0.6) is 0 Å². The number of aliphatic hydroxyl groups is 1. The summed E-state index contributed by atoms with van der Waals surface area (Å²) in [6.07, 6.45) is 7.96. The van der Waals surface area contributed by atoms with Gasteiger partial charge >= 0.3 is 5.97 Å². The lowest BCUT2D eigenvalue weighted by molar-refractivity contribution is -0.149. The highest BCUT2D eigenvalue weighted by Crippen LogP contribution is 2.64. The molecule has 0 aliphatic heterocycles. The first-order chi connectivity index (χ1) is 11.8. The molecule has 0 amide bonds. The third kappa shape index (κ3) is 2.43. The summed E-state index contributed by atoms with van der Waals surface area (Å²) < 4.78 is 5.47. The zero-order valence-electron chi connectivity index (χ0n) is 15.6. The average molecular weight is 346 g/mol. The summed E-state index contributed by atoms with van der Waals surface area (Å²) in [4.78, 5) is 23.8. The molecule has 4 rings (SSSR count). The van der Waals surface area contributed by atoms with Gasteiger partial charge in [0.25, 0.3) is 0 Å². The van der Waals surface area contributed by atoms with Crippen molar-refractivity contribution in [3.8, 4) is 0 Å². The Morgan fingerprint density at radius 3 is 2.64 bits per heavy atom. The molecule has 25 heavy (non-hydrogen) atoms. The van der Waals surface area contributed by atoms with Crippen LogP contribution in [-0.2, 0) is 14.3 Å². The highest BCUT2D eigenvalue weighted by atomic mass is 16.5. The number of ether oxygens (including phenoxy) is 1. The van der Waals surface area contributed by atoms with Crippen molar-refractivity contribution in [1.29, 1.82) is 0 Å². The number of allylic oxidation sites excluding steroid dienone is 1. The largest absolute Gasteiger partial charge is 0.462 e. The molecule has 0 unspecified atom stereocenters. The Morgan fingerprint density at radius 1 is 1.20 bits per heavy atom. The number of aliphatic hydroxyl groups excluding tert-OH is 1. The molecule has 0 aromatic rings. The van der Waals surface area contributed by atoms with Crippen LogP contribution >= 0.6 is 0 Å². The van der Waals surface area contributed by atoms with E-state index in [1.165, 1.54) is 12.5 Å². The fraction of sp³-hybridized carbons (Fsp3) is 0.810. The SMILES string of the molecule is CC(=O)O[C@H]1CC[C@@]2(C)C(=CC[C@H]3[C@@H]4[C@H](O)CC(=O)[C@@]4(C)CC[C@@H]32)C1. The highest BCUT2D eigenvalue weighted by molar-refractivity contribution is 5.88. The van der Waals surface area contributed by atoms with Crippen molar-refractivity contribution in [2.45, 2.75) is 77.9 Å². The molecule has 0 aromatic heterocycles. The van der Waals surface area contributed by atoms with Crippen LogP contribution in [0.15, 0.2) is 11.6 Å². The Balaban J connectivity index is 1.62. The number of rotatable bonds is 1. The number of Topliss-reactive ketones (excluding diaryl/α,β-unsaturated/α-hetero) is 1. The van der Waals surface area contributed by atoms with Crippen molar-refractivity contribution < 1.29 is 19.4 Å². The van der Waals surface area contributed by atoms with E-state index < -0.39 is 6.10 Å². The summed E-state index contributed by atoms with van der Waals surface area (Å²) in [6, 6.07) is 0. The number of carbonyl (C=O) groups excluding carboxylic acids is 2. The van der Waals surface area contributed by atoms with Gasteiger partial charge in [0, 0.05) is 31.1 Å². The van der Waals surface area contributed by atoms with Gasteiger partial charge in [0.15, 0.2) is 0 Å². The standard InChI is InChI=1S/C21H30O4/c1-12(22)25-14-6-8-20(2)13(10-14)4-5-15-16(20)7-9-21(3)18(24)11-17(23)19(15)21/h4,14-17,19,23H,5-11H2,1-3H3/t14-,15+,16-,17+,19+,20-,21+/m0/s1. The van der Waals surface area contributed by atoms with E-state index in [1.807, 2.05) is 0 Å². The first-order valence-corrected chi connectivity index (χ1v) is 9.84. The van der Waals surface area contributed by atoms with Crippen LogP contribution < -0.4 is 0 Å². The molecular weight excluding hydrogens is 316 g/mol. The lowest BCUT2D eigenvalue weighted by Crippen LogP contribution is -2.52. The second-order valence-corrected chi connectivity index (χ2v) is 9.30. The summed E-state index contributed by atoms with van der Waals surface area (Å²) in [5.41, 5.74) is 1.25. The lowest BCUT2D eigenvalue weighted by Gasteiger charge is -2.57. The second-order valence-electron chi connectivity index (χ2n) is 9.30. The smallest absolute Gasteiger partial charge is 0.302 e. The van der Waals surface area contributed by atoms with Gasteiger partial charge in [0.05, 0.1) is 6.10 Å². The fourth-order valence-corrected chi connectivity index (χ4v) is 6.80. The van der Waals surface area contributed by atoms with Crippen LogP contribution in [0.4, 0.5) is 0 Å². The Bertz CT molecular complexity index is 638. The molecule has 4 nitrogen and oxygen atoms in total. The third-order valence-corrected chi connectivity index (χ3v) is 8.09. The monoisotopic (exact) mass is 346 g/mol. The van der Waals surface area contributed by atoms with E-state index in [9.17, 15) is 14.7 Å². The van der Waals surface area contributed by atoms with Gasteiger partial charge in [-0.25, -0.2) is 0 Å². The maximum absolute atomic E-state index is 12.5. The summed E-state index contributed by atoms with van der Waals surface area (Å²) >= 11 is 0. The van der Waals surface area contributed by atoms with E-state index >= 15 is 0 Å². The van der Waals surface area contributed by atoms with Crippen LogP contribution in [0.25, 0.3) is 0 Å². The first-order valence-electron chi connectivity index (χ1n) is 9.84. The lowest BCUT2D eigenvalue weighted by atomic mass is 9.48. The van der Waals surface area contributed by atoms with Gasteiger partial charge in [-0.3, -0.25) is 9.59 Å². The topological polar surface area (TPSA) is 63.6 Å². The quantitative estimate of drug-likeness (QED) is 0.584. The minimum atomic E-state index is -0.471. The van der Waals surface area contributed by atoms with E-state index in [2.05, 4.69) is 19.9 Å². The molecule has 1 N–H and O–H groups in total. The molecule has 0 bridgehead atoms. The van der Waals surface area contributed by atoms with Crippen molar-refractivity contribution in [3.63, 3.8) is 0 Å². The van der Waals surface area contributed by atoms with Crippen LogP contribution in [0, 0.1) is 28.6 Å². The van der Waals surface area contributed by atoms with E-state index in [1.54, 1.807) is 0 Å². The van der Waals surface area contributed by atoms with Gasteiger partial charge in [-0.05, 0) is 49.4 Å². The fourth-order valence-electron chi connectivity index (χ4n) is 6.80. The van der Waals surface area contributed by atoms with Crippen LogP contribution in [0.1, 0.15) is 65.7 Å². The Morgan fingerprint density at radius 2 is 1.92 bits per heavy atom. The number of hydrogen-bond donors (Lipinski definition) is 1. The minimum absolute atomic E-state index is 0.0147. The van der Waals surface area contributed by atoms with E-state index in [0.717, 1.165) is 38.5 Å².